The number of carbonyl (C=O) groups is 1. The van der Waals surface area contributed by atoms with E-state index in [1.165, 1.54) is 11.3 Å². The normalized spacial score (nSPS) is 12.5. The zero-order valence-corrected chi connectivity index (χ0v) is 11.8. The van der Waals surface area contributed by atoms with Crippen LogP contribution in [0.25, 0.3) is 0 Å². The van der Waals surface area contributed by atoms with Gasteiger partial charge in [-0.05, 0) is 25.4 Å². The number of anilines is 1. The lowest BCUT2D eigenvalue weighted by atomic mass is 10.2. The third-order valence-electron chi connectivity index (χ3n) is 2.54. The molecule has 1 rings (SSSR count). The van der Waals surface area contributed by atoms with Crippen molar-refractivity contribution in [2.75, 3.05) is 24.0 Å². The second kappa shape index (κ2) is 6.25. The number of aromatic nitrogens is 1. The number of ketones is 1. The number of nitrogens with zero attached hydrogens (tertiary/aromatic N) is 2. The highest BCUT2D eigenvalue weighted by Crippen LogP contribution is 2.24. The number of rotatable bonds is 6. The van der Waals surface area contributed by atoms with Crippen LogP contribution in [0.3, 0.4) is 0 Å². The molecule has 0 aromatic carbocycles. The average Bonchev–Trinajstić information content (AvgIpc) is 2.74. The van der Waals surface area contributed by atoms with Gasteiger partial charge in [0.15, 0.2) is 10.9 Å². The Morgan fingerprint density at radius 3 is 2.88 bits per heavy atom. The Balaban J connectivity index is 2.64. The van der Waals surface area contributed by atoms with E-state index in [1.807, 2.05) is 18.8 Å². The summed E-state index contributed by atoms with van der Waals surface area (Å²) in [5, 5.41) is 0.929. The molecule has 0 N–H and O–H groups in total. The Hall–Kier alpha value is -0.550. The van der Waals surface area contributed by atoms with Gasteiger partial charge >= 0.3 is 0 Å². The van der Waals surface area contributed by atoms with Gasteiger partial charge in [0.05, 0.1) is 11.1 Å². The first-order chi connectivity index (χ1) is 7.56. The molecule has 0 bridgehead atoms. The molecular formula is C11H18N2OS2. The quantitative estimate of drug-likeness (QED) is 0.735. The monoisotopic (exact) mass is 258 g/mol. The third kappa shape index (κ3) is 3.49. The molecular weight excluding hydrogens is 240 g/mol. The molecule has 1 aromatic rings. The standard InChI is InChI=1S/C11H18N2OS2/c1-8(5-6-15-4)13(3)11-12-7-10(16-11)9(2)14/h7-8H,5-6H2,1-4H3. The molecule has 0 saturated carbocycles. The van der Waals surface area contributed by atoms with Crippen LogP contribution in [0, 0.1) is 0 Å². The molecule has 0 fully saturated rings. The summed E-state index contributed by atoms with van der Waals surface area (Å²) in [6.45, 7) is 3.76. The van der Waals surface area contributed by atoms with Gasteiger partial charge in [0.2, 0.25) is 0 Å². The van der Waals surface area contributed by atoms with Gasteiger partial charge in [-0.1, -0.05) is 11.3 Å². The van der Waals surface area contributed by atoms with Crippen LogP contribution in [0.2, 0.25) is 0 Å². The second-order valence-corrected chi connectivity index (χ2v) is 5.80. The maximum atomic E-state index is 11.2. The molecule has 0 spiro atoms. The molecule has 1 heterocycles. The van der Waals surface area contributed by atoms with E-state index in [1.54, 1.807) is 13.1 Å². The predicted molar refractivity (Wildman–Crippen MR) is 73.0 cm³/mol. The Kier molecular flexibility index (Phi) is 5.28. The lowest BCUT2D eigenvalue weighted by Gasteiger charge is -2.23. The Morgan fingerprint density at radius 1 is 1.69 bits per heavy atom. The Bertz CT molecular complexity index is 352. The van der Waals surface area contributed by atoms with Crippen molar-refractivity contribution in [1.29, 1.82) is 0 Å². The molecule has 0 aliphatic carbocycles. The van der Waals surface area contributed by atoms with Gasteiger partial charge in [-0.2, -0.15) is 11.8 Å². The van der Waals surface area contributed by atoms with Gasteiger partial charge in [0.25, 0.3) is 0 Å². The number of thioether (sulfide) groups is 1. The van der Waals surface area contributed by atoms with E-state index in [0.717, 1.165) is 22.2 Å². The molecule has 16 heavy (non-hydrogen) atoms. The van der Waals surface area contributed by atoms with E-state index in [9.17, 15) is 4.79 Å². The average molecular weight is 258 g/mol. The second-order valence-electron chi connectivity index (χ2n) is 3.80. The first-order valence-corrected chi connectivity index (χ1v) is 7.45. The zero-order chi connectivity index (χ0) is 12.1. The van der Waals surface area contributed by atoms with Crippen LogP contribution in [0.4, 0.5) is 5.13 Å². The minimum absolute atomic E-state index is 0.0916. The SMILES string of the molecule is CSCCC(C)N(C)c1ncc(C(C)=O)s1. The lowest BCUT2D eigenvalue weighted by Crippen LogP contribution is -2.29. The van der Waals surface area contributed by atoms with Crippen LogP contribution in [-0.4, -0.2) is 35.9 Å². The minimum Gasteiger partial charge on any atom is -0.348 e. The van der Waals surface area contributed by atoms with Gasteiger partial charge < -0.3 is 4.90 Å². The topological polar surface area (TPSA) is 33.2 Å². The fourth-order valence-electron chi connectivity index (χ4n) is 1.26. The number of hydrogen-bond acceptors (Lipinski definition) is 5. The molecule has 0 aliphatic rings. The van der Waals surface area contributed by atoms with Crippen molar-refractivity contribution in [3.63, 3.8) is 0 Å². The highest BCUT2D eigenvalue weighted by atomic mass is 32.2. The summed E-state index contributed by atoms with van der Waals surface area (Å²) in [4.78, 5) is 18.3. The molecule has 3 nitrogen and oxygen atoms in total. The van der Waals surface area contributed by atoms with Crippen molar-refractivity contribution in [3.05, 3.63) is 11.1 Å². The first kappa shape index (κ1) is 13.5. The number of carbonyl (C=O) groups excluding carboxylic acids is 1. The van der Waals surface area contributed by atoms with Crippen molar-refractivity contribution in [2.24, 2.45) is 0 Å². The lowest BCUT2D eigenvalue weighted by molar-refractivity contribution is 0.102. The molecule has 1 atom stereocenters. The number of Topliss-reactive ketones (excluding diaryl/α,β-unsaturated/α-hetero) is 1. The predicted octanol–water partition coefficient (Wildman–Crippen LogP) is 2.92. The van der Waals surface area contributed by atoms with E-state index in [4.69, 9.17) is 0 Å². The summed E-state index contributed by atoms with van der Waals surface area (Å²) in [6.07, 6.45) is 4.91. The van der Waals surface area contributed by atoms with Gasteiger partial charge in [-0.25, -0.2) is 4.98 Å². The van der Waals surface area contributed by atoms with E-state index in [0.29, 0.717) is 6.04 Å². The zero-order valence-electron chi connectivity index (χ0n) is 10.2. The van der Waals surface area contributed by atoms with E-state index in [2.05, 4.69) is 23.1 Å². The van der Waals surface area contributed by atoms with Gasteiger partial charge in [0, 0.05) is 20.0 Å². The fraction of sp³-hybridized carbons (Fsp3) is 0.636. The van der Waals surface area contributed by atoms with E-state index in [-0.39, 0.29) is 5.78 Å². The van der Waals surface area contributed by atoms with Gasteiger partial charge in [0.1, 0.15) is 0 Å². The Labute approximate surface area is 105 Å². The summed E-state index contributed by atoms with van der Waals surface area (Å²) >= 11 is 3.32. The molecule has 0 amide bonds. The summed E-state index contributed by atoms with van der Waals surface area (Å²) in [5.74, 6) is 1.24. The fourth-order valence-corrected chi connectivity index (χ4v) is 2.71. The van der Waals surface area contributed by atoms with Gasteiger partial charge in [-0.15, -0.1) is 0 Å². The third-order valence-corrected chi connectivity index (χ3v) is 4.38. The van der Waals surface area contributed by atoms with Crippen molar-refractivity contribution in [2.45, 2.75) is 26.3 Å². The highest BCUT2D eigenvalue weighted by molar-refractivity contribution is 7.98. The minimum atomic E-state index is 0.0916. The Morgan fingerprint density at radius 2 is 2.38 bits per heavy atom. The van der Waals surface area contributed by atoms with Crippen molar-refractivity contribution in [1.82, 2.24) is 4.98 Å². The van der Waals surface area contributed by atoms with Crippen LogP contribution in [0.1, 0.15) is 29.9 Å². The molecule has 1 unspecified atom stereocenters. The van der Waals surface area contributed by atoms with Crippen molar-refractivity contribution >= 4 is 34.0 Å². The smallest absolute Gasteiger partial charge is 0.185 e. The summed E-state index contributed by atoms with van der Waals surface area (Å²) < 4.78 is 0. The summed E-state index contributed by atoms with van der Waals surface area (Å²) in [7, 11) is 2.04. The van der Waals surface area contributed by atoms with Crippen LogP contribution in [-0.2, 0) is 0 Å². The molecule has 5 heteroatoms. The van der Waals surface area contributed by atoms with Crippen molar-refractivity contribution < 1.29 is 4.79 Å². The first-order valence-electron chi connectivity index (χ1n) is 5.24. The summed E-state index contributed by atoms with van der Waals surface area (Å²) in [5.41, 5.74) is 0. The largest absolute Gasteiger partial charge is 0.348 e. The van der Waals surface area contributed by atoms with Crippen LogP contribution in [0.15, 0.2) is 6.20 Å². The molecule has 0 radical (unpaired) electrons. The van der Waals surface area contributed by atoms with Crippen LogP contribution in [0.5, 0.6) is 0 Å². The van der Waals surface area contributed by atoms with Gasteiger partial charge in [-0.3, -0.25) is 4.79 Å². The number of thiazole rings is 1. The molecule has 0 aliphatic heterocycles. The number of hydrogen-bond donors (Lipinski definition) is 0. The van der Waals surface area contributed by atoms with Crippen LogP contribution < -0.4 is 4.90 Å². The van der Waals surface area contributed by atoms with E-state index < -0.39 is 0 Å². The van der Waals surface area contributed by atoms with Crippen LogP contribution >= 0.6 is 23.1 Å². The maximum Gasteiger partial charge on any atom is 0.185 e. The van der Waals surface area contributed by atoms with Crippen molar-refractivity contribution in [3.8, 4) is 0 Å². The molecule has 0 saturated heterocycles. The highest BCUT2D eigenvalue weighted by Gasteiger charge is 2.14. The summed E-state index contributed by atoms with van der Waals surface area (Å²) in [6, 6.07) is 0.457. The molecule has 90 valence electrons. The maximum absolute atomic E-state index is 11.2. The van der Waals surface area contributed by atoms with E-state index >= 15 is 0 Å². The molecule has 1 aromatic heterocycles.